The fourth-order valence-corrected chi connectivity index (χ4v) is 0.601. The molecule has 1 rings (SSSR count). The highest BCUT2D eigenvalue weighted by atomic mass is 15.1. The van der Waals surface area contributed by atoms with Crippen molar-refractivity contribution in [2.75, 3.05) is 7.05 Å². The number of hydrogen-bond donors (Lipinski definition) is 1. The van der Waals surface area contributed by atoms with Crippen molar-refractivity contribution in [2.45, 2.75) is 0 Å². The smallest absolute Gasteiger partial charge is 0.102 e. The molecule has 0 amide bonds. The molecular formula is C7H10N2. The fourth-order valence-electron chi connectivity index (χ4n) is 0.601. The predicted octanol–water partition coefficient (Wildman–Crippen LogP) is 0.802. The summed E-state index contributed by atoms with van der Waals surface area (Å²) in [5.74, 6) is 0.764. The number of rotatable bonds is 0. The van der Waals surface area contributed by atoms with Gasteiger partial charge in [-0.2, -0.15) is 0 Å². The molecule has 1 aliphatic heterocycles. The molecule has 0 unspecified atom stereocenters. The van der Waals surface area contributed by atoms with Crippen molar-refractivity contribution in [1.29, 1.82) is 0 Å². The van der Waals surface area contributed by atoms with Crippen LogP contribution in [0.2, 0.25) is 0 Å². The zero-order valence-corrected chi connectivity index (χ0v) is 5.41. The SMILES string of the molecule is CN1C=CC=CC=C1N. The topological polar surface area (TPSA) is 29.3 Å². The van der Waals surface area contributed by atoms with Crippen LogP contribution in [0.5, 0.6) is 0 Å². The zero-order chi connectivity index (χ0) is 6.69. The van der Waals surface area contributed by atoms with E-state index in [4.69, 9.17) is 5.73 Å². The molecule has 0 bridgehead atoms. The van der Waals surface area contributed by atoms with Crippen LogP contribution in [0.1, 0.15) is 0 Å². The van der Waals surface area contributed by atoms with Crippen molar-refractivity contribution in [3.05, 3.63) is 36.3 Å². The van der Waals surface area contributed by atoms with Crippen molar-refractivity contribution in [3.63, 3.8) is 0 Å². The maximum absolute atomic E-state index is 5.56. The second-order valence-electron chi connectivity index (χ2n) is 1.93. The molecule has 9 heavy (non-hydrogen) atoms. The average Bonchev–Trinajstić information content (AvgIpc) is 1.99. The molecule has 1 aliphatic rings. The lowest BCUT2D eigenvalue weighted by Gasteiger charge is -2.11. The molecule has 2 nitrogen and oxygen atoms in total. The summed E-state index contributed by atoms with van der Waals surface area (Å²) in [5, 5.41) is 0. The van der Waals surface area contributed by atoms with Gasteiger partial charge in [-0.1, -0.05) is 12.2 Å². The van der Waals surface area contributed by atoms with Crippen LogP contribution in [-0.2, 0) is 0 Å². The summed E-state index contributed by atoms with van der Waals surface area (Å²) < 4.78 is 0. The molecule has 0 fully saturated rings. The van der Waals surface area contributed by atoms with E-state index in [9.17, 15) is 0 Å². The minimum Gasteiger partial charge on any atom is -0.385 e. The molecule has 0 aromatic carbocycles. The zero-order valence-electron chi connectivity index (χ0n) is 5.41. The quantitative estimate of drug-likeness (QED) is 0.515. The molecular weight excluding hydrogens is 112 g/mol. The molecule has 48 valence electrons. The average molecular weight is 122 g/mol. The van der Waals surface area contributed by atoms with E-state index in [1.165, 1.54) is 0 Å². The Hall–Kier alpha value is -1.18. The summed E-state index contributed by atoms with van der Waals surface area (Å²) in [7, 11) is 1.91. The number of hydrogen-bond acceptors (Lipinski definition) is 2. The largest absolute Gasteiger partial charge is 0.385 e. The van der Waals surface area contributed by atoms with E-state index in [1.54, 1.807) is 0 Å². The molecule has 2 heteroatoms. The molecule has 0 saturated heterocycles. The normalized spacial score (nSPS) is 17.4. The molecule has 2 N–H and O–H groups in total. The summed E-state index contributed by atoms with van der Waals surface area (Å²) in [5.41, 5.74) is 5.56. The molecule has 0 spiro atoms. The highest BCUT2D eigenvalue weighted by Crippen LogP contribution is 1.98. The van der Waals surface area contributed by atoms with Crippen molar-refractivity contribution < 1.29 is 0 Å². The van der Waals surface area contributed by atoms with Crippen LogP contribution in [0, 0.1) is 0 Å². The van der Waals surface area contributed by atoms with Gasteiger partial charge in [-0.05, 0) is 12.2 Å². The van der Waals surface area contributed by atoms with Gasteiger partial charge in [-0.25, -0.2) is 0 Å². The maximum Gasteiger partial charge on any atom is 0.102 e. The Morgan fingerprint density at radius 1 is 1.33 bits per heavy atom. The van der Waals surface area contributed by atoms with Gasteiger partial charge in [0, 0.05) is 13.2 Å². The van der Waals surface area contributed by atoms with Crippen molar-refractivity contribution in [1.82, 2.24) is 4.90 Å². The highest BCUT2D eigenvalue weighted by Gasteiger charge is 1.92. The first-order valence-corrected chi connectivity index (χ1v) is 2.84. The standard InChI is InChI=1S/C7H10N2/c1-9-6-4-2-3-5-7(9)8/h2-6H,8H2,1H3. The molecule has 0 aromatic heterocycles. The van der Waals surface area contributed by atoms with Crippen molar-refractivity contribution in [2.24, 2.45) is 5.73 Å². The number of nitrogens with two attached hydrogens (primary N) is 1. The second kappa shape index (κ2) is 2.40. The van der Waals surface area contributed by atoms with Crippen LogP contribution in [0.3, 0.4) is 0 Å². The van der Waals surface area contributed by atoms with Crippen molar-refractivity contribution >= 4 is 0 Å². The van der Waals surface area contributed by atoms with E-state index >= 15 is 0 Å². The van der Waals surface area contributed by atoms with Crippen molar-refractivity contribution in [3.8, 4) is 0 Å². The van der Waals surface area contributed by atoms with E-state index in [0.29, 0.717) is 0 Å². The molecule has 1 heterocycles. The number of allylic oxidation sites excluding steroid dienone is 4. The first-order chi connectivity index (χ1) is 4.30. The van der Waals surface area contributed by atoms with E-state index in [1.807, 2.05) is 42.5 Å². The third kappa shape index (κ3) is 1.35. The number of nitrogens with zero attached hydrogens (tertiary/aromatic N) is 1. The van der Waals surface area contributed by atoms with Crippen LogP contribution in [0.4, 0.5) is 0 Å². The lowest BCUT2D eigenvalue weighted by Crippen LogP contribution is -2.16. The molecule has 0 radical (unpaired) electrons. The first-order valence-electron chi connectivity index (χ1n) is 2.84. The monoisotopic (exact) mass is 122 g/mol. The minimum atomic E-state index is 0.764. The van der Waals surface area contributed by atoms with E-state index in [-0.39, 0.29) is 0 Å². The molecule has 0 aromatic rings. The van der Waals surface area contributed by atoms with Gasteiger partial charge in [-0.15, -0.1) is 0 Å². The Morgan fingerprint density at radius 2 is 2.11 bits per heavy atom. The van der Waals surface area contributed by atoms with Gasteiger partial charge in [0.05, 0.1) is 0 Å². The van der Waals surface area contributed by atoms with Gasteiger partial charge in [-0.3, -0.25) is 0 Å². The Kier molecular flexibility index (Phi) is 1.58. The van der Waals surface area contributed by atoms with Crippen LogP contribution < -0.4 is 5.73 Å². The summed E-state index contributed by atoms with van der Waals surface area (Å²) >= 11 is 0. The summed E-state index contributed by atoms with van der Waals surface area (Å²) in [4.78, 5) is 1.86. The first kappa shape index (κ1) is 5.95. The van der Waals surface area contributed by atoms with Gasteiger partial charge in [0.2, 0.25) is 0 Å². The summed E-state index contributed by atoms with van der Waals surface area (Å²) in [6.45, 7) is 0. The predicted molar refractivity (Wildman–Crippen MR) is 38.3 cm³/mol. The van der Waals surface area contributed by atoms with Crippen LogP contribution in [0.15, 0.2) is 36.3 Å². The van der Waals surface area contributed by atoms with Gasteiger partial charge >= 0.3 is 0 Å². The molecule has 0 atom stereocenters. The molecule has 0 aliphatic carbocycles. The Morgan fingerprint density at radius 3 is 2.89 bits per heavy atom. The van der Waals surface area contributed by atoms with Crippen LogP contribution in [-0.4, -0.2) is 11.9 Å². The Bertz CT molecular complexity index is 177. The molecule has 0 saturated carbocycles. The van der Waals surface area contributed by atoms with Gasteiger partial charge in [0.15, 0.2) is 0 Å². The fraction of sp³-hybridized carbons (Fsp3) is 0.143. The van der Waals surface area contributed by atoms with E-state index in [2.05, 4.69) is 0 Å². The maximum atomic E-state index is 5.56. The third-order valence-electron chi connectivity index (χ3n) is 1.21. The minimum absolute atomic E-state index is 0.764. The summed E-state index contributed by atoms with van der Waals surface area (Å²) in [6, 6.07) is 0. The van der Waals surface area contributed by atoms with Gasteiger partial charge < -0.3 is 10.6 Å². The highest BCUT2D eigenvalue weighted by molar-refractivity contribution is 5.19. The Labute approximate surface area is 55.0 Å². The summed E-state index contributed by atoms with van der Waals surface area (Å²) in [6.07, 6.45) is 9.57. The van der Waals surface area contributed by atoms with E-state index in [0.717, 1.165) is 5.82 Å². The van der Waals surface area contributed by atoms with Crippen LogP contribution >= 0.6 is 0 Å². The van der Waals surface area contributed by atoms with Gasteiger partial charge in [0.1, 0.15) is 5.82 Å². The van der Waals surface area contributed by atoms with Crippen LogP contribution in [0.25, 0.3) is 0 Å². The second-order valence-corrected chi connectivity index (χ2v) is 1.93. The lowest BCUT2D eigenvalue weighted by atomic mass is 10.5. The van der Waals surface area contributed by atoms with Gasteiger partial charge in [0.25, 0.3) is 0 Å². The lowest BCUT2D eigenvalue weighted by molar-refractivity contribution is 0.562. The Balaban J connectivity index is 2.80. The van der Waals surface area contributed by atoms with E-state index < -0.39 is 0 Å². The third-order valence-corrected chi connectivity index (χ3v) is 1.21.